The van der Waals surface area contributed by atoms with Crippen LogP contribution in [0.15, 0.2) is 0 Å². The van der Waals surface area contributed by atoms with Crippen molar-refractivity contribution in [3.63, 3.8) is 0 Å². The summed E-state index contributed by atoms with van der Waals surface area (Å²) in [5.74, 6) is 0. The lowest BCUT2D eigenvalue weighted by Crippen LogP contribution is -2.34. The summed E-state index contributed by atoms with van der Waals surface area (Å²) >= 11 is 2.09. The van der Waals surface area contributed by atoms with Gasteiger partial charge in [-0.3, -0.25) is 4.90 Å². The molecule has 0 aromatic heterocycles. The van der Waals surface area contributed by atoms with Crippen molar-refractivity contribution in [2.75, 3.05) is 19.3 Å². The highest BCUT2D eigenvalue weighted by atomic mass is 32.2. The molecule has 0 bridgehead atoms. The molecule has 2 aliphatic rings. The molecule has 1 aliphatic carbocycles. The van der Waals surface area contributed by atoms with Gasteiger partial charge in [-0.25, -0.2) is 0 Å². The van der Waals surface area contributed by atoms with E-state index in [4.69, 9.17) is 0 Å². The van der Waals surface area contributed by atoms with Crippen LogP contribution >= 0.6 is 11.8 Å². The first-order valence-corrected chi connectivity index (χ1v) is 6.27. The Morgan fingerprint density at radius 2 is 2.25 bits per heavy atom. The van der Waals surface area contributed by atoms with Gasteiger partial charge in [0.25, 0.3) is 0 Å². The molecule has 1 unspecified atom stereocenters. The van der Waals surface area contributed by atoms with Crippen molar-refractivity contribution in [2.45, 2.75) is 43.4 Å². The smallest absolute Gasteiger partial charge is 0.0285 e. The average molecular weight is 185 g/mol. The highest BCUT2D eigenvalue weighted by Crippen LogP contribution is 2.48. The Hall–Kier alpha value is 0.310. The van der Waals surface area contributed by atoms with E-state index in [0.29, 0.717) is 4.75 Å². The number of likely N-dealkylation sites (tertiary alicyclic amines) is 1. The van der Waals surface area contributed by atoms with Gasteiger partial charge in [-0.2, -0.15) is 11.8 Å². The molecule has 70 valence electrons. The molecule has 1 saturated carbocycles. The van der Waals surface area contributed by atoms with Gasteiger partial charge in [0.1, 0.15) is 0 Å². The van der Waals surface area contributed by atoms with E-state index in [1.165, 1.54) is 38.8 Å². The zero-order chi connectivity index (χ0) is 8.60. The van der Waals surface area contributed by atoms with E-state index in [1.807, 2.05) is 0 Å². The largest absolute Gasteiger partial charge is 0.299 e. The lowest BCUT2D eigenvalue weighted by atomic mass is 10.2. The number of hydrogen-bond donors (Lipinski definition) is 0. The van der Waals surface area contributed by atoms with Crippen molar-refractivity contribution in [2.24, 2.45) is 0 Å². The van der Waals surface area contributed by atoms with Crippen molar-refractivity contribution < 1.29 is 0 Å². The molecule has 2 heteroatoms. The van der Waals surface area contributed by atoms with Crippen LogP contribution in [0.3, 0.4) is 0 Å². The zero-order valence-electron chi connectivity index (χ0n) is 8.18. The van der Waals surface area contributed by atoms with Crippen LogP contribution < -0.4 is 0 Å². The Morgan fingerprint density at radius 3 is 2.67 bits per heavy atom. The van der Waals surface area contributed by atoms with Gasteiger partial charge >= 0.3 is 0 Å². The van der Waals surface area contributed by atoms with Gasteiger partial charge in [-0.15, -0.1) is 0 Å². The first-order valence-electron chi connectivity index (χ1n) is 5.05. The molecule has 0 spiro atoms. The topological polar surface area (TPSA) is 3.24 Å². The average Bonchev–Trinajstić information content (AvgIpc) is 2.74. The fraction of sp³-hybridized carbons (Fsp3) is 1.00. The van der Waals surface area contributed by atoms with Gasteiger partial charge in [0.05, 0.1) is 0 Å². The molecule has 12 heavy (non-hydrogen) atoms. The van der Waals surface area contributed by atoms with Gasteiger partial charge in [-0.1, -0.05) is 0 Å². The van der Waals surface area contributed by atoms with Crippen LogP contribution in [0.4, 0.5) is 0 Å². The maximum atomic E-state index is 2.68. The minimum atomic E-state index is 0.679. The van der Waals surface area contributed by atoms with Crippen molar-refractivity contribution in [3.8, 4) is 0 Å². The Bertz CT molecular complexity index is 165. The van der Waals surface area contributed by atoms with Gasteiger partial charge in [0, 0.05) is 17.3 Å². The second-order valence-corrected chi connectivity index (χ2v) is 5.62. The fourth-order valence-corrected chi connectivity index (χ4v) is 2.97. The number of nitrogens with zero attached hydrogens (tertiary/aromatic N) is 1. The third-order valence-corrected chi connectivity index (χ3v) is 4.83. The normalized spacial score (nSPS) is 34.0. The molecule has 2 rings (SSSR count). The Morgan fingerprint density at radius 1 is 1.50 bits per heavy atom. The van der Waals surface area contributed by atoms with E-state index >= 15 is 0 Å². The molecular weight excluding hydrogens is 166 g/mol. The maximum absolute atomic E-state index is 2.68. The molecule has 0 amide bonds. The summed E-state index contributed by atoms with van der Waals surface area (Å²) in [4.78, 5) is 2.68. The Balaban J connectivity index is 1.86. The molecule has 1 aliphatic heterocycles. The van der Waals surface area contributed by atoms with Crippen LogP contribution in [0.1, 0.15) is 32.6 Å². The predicted octanol–water partition coefficient (Wildman–Crippen LogP) is 2.37. The lowest BCUT2D eigenvalue weighted by Gasteiger charge is -2.25. The quantitative estimate of drug-likeness (QED) is 0.664. The van der Waals surface area contributed by atoms with Crippen LogP contribution in [0, 0.1) is 0 Å². The summed E-state index contributed by atoms with van der Waals surface area (Å²) in [5.41, 5.74) is 0. The van der Waals surface area contributed by atoms with Gasteiger partial charge in [-0.05, 0) is 45.4 Å². The summed E-state index contributed by atoms with van der Waals surface area (Å²) in [6.45, 7) is 5.09. The standard InChI is InChI=1S/C10H19NS/c1-9-4-3-7-11(9)8-10(12-2)5-6-10/h9H,3-8H2,1-2H3. The summed E-state index contributed by atoms with van der Waals surface area (Å²) in [7, 11) is 0. The monoisotopic (exact) mass is 185 g/mol. The minimum absolute atomic E-state index is 0.679. The summed E-state index contributed by atoms with van der Waals surface area (Å²) < 4.78 is 0.679. The second-order valence-electron chi connectivity index (χ2n) is 4.35. The first-order chi connectivity index (χ1) is 5.76. The molecule has 0 aromatic rings. The number of thioether (sulfide) groups is 1. The van der Waals surface area contributed by atoms with E-state index < -0.39 is 0 Å². The van der Waals surface area contributed by atoms with E-state index in [-0.39, 0.29) is 0 Å². The molecule has 0 radical (unpaired) electrons. The summed E-state index contributed by atoms with van der Waals surface area (Å²) in [6, 6.07) is 0.856. The third kappa shape index (κ3) is 1.64. The van der Waals surface area contributed by atoms with Crippen LogP contribution in [0.5, 0.6) is 0 Å². The van der Waals surface area contributed by atoms with Crippen molar-refractivity contribution >= 4 is 11.8 Å². The fourth-order valence-electron chi connectivity index (χ4n) is 2.16. The second kappa shape index (κ2) is 3.22. The summed E-state index contributed by atoms with van der Waals surface area (Å²) in [5, 5.41) is 0. The van der Waals surface area contributed by atoms with E-state index in [1.54, 1.807) is 0 Å². The van der Waals surface area contributed by atoms with Crippen LogP contribution in [-0.2, 0) is 0 Å². The molecule has 1 nitrogen and oxygen atoms in total. The first kappa shape index (κ1) is 8.89. The van der Waals surface area contributed by atoms with Crippen molar-refractivity contribution in [1.82, 2.24) is 4.90 Å². The summed E-state index contributed by atoms with van der Waals surface area (Å²) in [6.07, 6.45) is 8.03. The molecular formula is C10H19NS. The number of hydrogen-bond acceptors (Lipinski definition) is 2. The molecule has 0 aromatic carbocycles. The van der Waals surface area contributed by atoms with E-state index in [0.717, 1.165) is 6.04 Å². The van der Waals surface area contributed by atoms with Gasteiger partial charge in [0.2, 0.25) is 0 Å². The van der Waals surface area contributed by atoms with Crippen molar-refractivity contribution in [3.05, 3.63) is 0 Å². The molecule has 1 heterocycles. The molecule has 0 N–H and O–H groups in total. The highest BCUT2D eigenvalue weighted by molar-refractivity contribution is 8.00. The van der Waals surface area contributed by atoms with Crippen LogP contribution in [0.25, 0.3) is 0 Å². The molecule has 1 saturated heterocycles. The molecule has 1 atom stereocenters. The van der Waals surface area contributed by atoms with Gasteiger partial charge < -0.3 is 0 Å². The predicted molar refractivity (Wildman–Crippen MR) is 55.7 cm³/mol. The lowest BCUT2D eigenvalue weighted by molar-refractivity contribution is 0.266. The highest BCUT2D eigenvalue weighted by Gasteiger charge is 2.44. The van der Waals surface area contributed by atoms with E-state index in [2.05, 4.69) is 29.8 Å². The van der Waals surface area contributed by atoms with Crippen molar-refractivity contribution in [1.29, 1.82) is 0 Å². The van der Waals surface area contributed by atoms with Gasteiger partial charge in [0.15, 0.2) is 0 Å². The number of rotatable bonds is 3. The van der Waals surface area contributed by atoms with Crippen LogP contribution in [0.2, 0.25) is 0 Å². The van der Waals surface area contributed by atoms with Crippen LogP contribution in [-0.4, -0.2) is 35.0 Å². The zero-order valence-corrected chi connectivity index (χ0v) is 8.99. The molecule has 2 fully saturated rings. The SMILES string of the molecule is CSC1(CN2CCCC2C)CC1. The Kier molecular flexibility index (Phi) is 2.39. The minimum Gasteiger partial charge on any atom is -0.299 e. The van der Waals surface area contributed by atoms with E-state index in [9.17, 15) is 0 Å². The maximum Gasteiger partial charge on any atom is 0.0285 e. The Labute approximate surface area is 79.9 Å². The third-order valence-electron chi connectivity index (χ3n) is 3.42.